The molecule has 0 unspecified atom stereocenters. The topological polar surface area (TPSA) is 83.1 Å². The third kappa shape index (κ3) is 5.86. The van der Waals surface area contributed by atoms with Crippen molar-refractivity contribution >= 4 is 39.7 Å². The molecule has 0 atom stereocenters. The van der Waals surface area contributed by atoms with Gasteiger partial charge in [-0.1, -0.05) is 13.8 Å². The molecule has 1 aromatic heterocycles. The van der Waals surface area contributed by atoms with Crippen LogP contribution in [0.5, 0.6) is 0 Å². The first-order valence-electron chi connectivity index (χ1n) is 8.24. The minimum Gasteiger partial charge on any atom is -0.361 e. The average Bonchev–Trinajstić information content (AvgIpc) is 2.94. The highest BCUT2D eigenvalue weighted by molar-refractivity contribution is 7.14. The second kappa shape index (κ2) is 8.62. The summed E-state index contributed by atoms with van der Waals surface area (Å²) in [4.78, 5) is 27.4. The van der Waals surface area contributed by atoms with Gasteiger partial charge in [-0.05, 0) is 30.5 Å². The van der Waals surface area contributed by atoms with Crippen LogP contribution in [0, 0.1) is 5.92 Å². The molecule has 0 spiro atoms. The zero-order chi connectivity index (χ0) is 18.4. The number of rotatable bonds is 7. The van der Waals surface area contributed by atoms with Crippen molar-refractivity contribution in [2.45, 2.75) is 34.1 Å². The van der Waals surface area contributed by atoms with Crippen LogP contribution >= 0.6 is 11.3 Å². The molecule has 1 aromatic carbocycles. The van der Waals surface area contributed by atoms with Crippen molar-refractivity contribution in [3.05, 3.63) is 23.6 Å². The number of nitrogens with zero attached hydrogens (tertiary/aromatic N) is 1. The van der Waals surface area contributed by atoms with Crippen LogP contribution in [0.1, 0.15) is 34.1 Å². The van der Waals surface area contributed by atoms with Crippen LogP contribution in [0.25, 0.3) is 11.3 Å². The summed E-state index contributed by atoms with van der Waals surface area (Å²) < 4.78 is 0. The van der Waals surface area contributed by atoms with E-state index in [1.807, 2.05) is 11.4 Å². The second-order valence-corrected chi connectivity index (χ2v) is 7.13. The van der Waals surface area contributed by atoms with E-state index in [4.69, 9.17) is 0 Å². The predicted molar refractivity (Wildman–Crippen MR) is 104 cm³/mol. The Bertz CT molecular complexity index is 755. The standard InChI is InChI=1S/C18H24N4O2S/c1-11(2)7-8-19-18-22-17(10-25-18)15-6-5-14(20-12(3)23)9-16(15)21-13(4)24/h5-6,9-11H,7-8H2,1-4H3,(H,19,22)(H,20,23)(H,21,24). The zero-order valence-electron chi connectivity index (χ0n) is 15.0. The number of carbonyl (C=O) groups is 2. The number of amides is 2. The summed E-state index contributed by atoms with van der Waals surface area (Å²) >= 11 is 1.53. The van der Waals surface area contributed by atoms with E-state index < -0.39 is 0 Å². The van der Waals surface area contributed by atoms with Crippen molar-refractivity contribution in [2.24, 2.45) is 5.92 Å². The molecule has 0 bridgehead atoms. The number of aromatic nitrogens is 1. The fourth-order valence-electron chi connectivity index (χ4n) is 2.29. The molecule has 3 N–H and O–H groups in total. The maximum absolute atomic E-state index is 11.5. The summed E-state index contributed by atoms with van der Waals surface area (Å²) in [5, 5.41) is 11.7. The first-order chi connectivity index (χ1) is 11.8. The second-order valence-electron chi connectivity index (χ2n) is 6.27. The predicted octanol–water partition coefficient (Wildman–Crippen LogP) is 4.18. The lowest BCUT2D eigenvalue weighted by Gasteiger charge is -2.11. The minimum absolute atomic E-state index is 0.160. The molecule has 2 rings (SSSR count). The number of hydrogen-bond donors (Lipinski definition) is 3. The van der Waals surface area contributed by atoms with Gasteiger partial charge in [-0.3, -0.25) is 9.59 Å². The fourth-order valence-corrected chi connectivity index (χ4v) is 3.03. The van der Waals surface area contributed by atoms with Gasteiger partial charge < -0.3 is 16.0 Å². The molecule has 0 aliphatic carbocycles. The third-order valence-corrected chi connectivity index (χ3v) is 4.23. The maximum Gasteiger partial charge on any atom is 0.221 e. The van der Waals surface area contributed by atoms with Gasteiger partial charge in [0.25, 0.3) is 0 Å². The molecule has 2 amide bonds. The van der Waals surface area contributed by atoms with Gasteiger partial charge in [0.1, 0.15) is 0 Å². The molecule has 0 aliphatic rings. The highest BCUT2D eigenvalue weighted by atomic mass is 32.1. The van der Waals surface area contributed by atoms with Crippen molar-refractivity contribution < 1.29 is 9.59 Å². The van der Waals surface area contributed by atoms with Gasteiger partial charge in [-0.25, -0.2) is 4.98 Å². The van der Waals surface area contributed by atoms with E-state index in [9.17, 15) is 9.59 Å². The van der Waals surface area contributed by atoms with Gasteiger partial charge in [0, 0.05) is 37.0 Å². The van der Waals surface area contributed by atoms with Crippen molar-refractivity contribution in [3.63, 3.8) is 0 Å². The number of benzene rings is 1. The molecular weight excluding hydrogens is 336 g/mol. The smallest absolute Gasteiger partial charge is 0.221 e. The summed E-state index contributed by atoms with van der Waals surface area (Å²) in [7, 11) is 0. The maximum atomic E-state index is 11.5. The van der Waals surface area contributed by atoms with Crippen molar-refractivity contribution in [1.29, 1.82) is 0 Å². The normalized spacial score (nSPS) is 10.6. The Morgan fingerprint density at radius 2 is 1.88 bits per heavy atom. The van der Waals surface area contributed by atoms with E-state index in [0.29, 0.717) is 17.3 Å². The van der Waals surface area contributed by atoms with Crippen LogP contribution in [-0.4, -0.2) is 23.3 Å². The molecule has 0 saturated heterocycles. The Morgan fingerprint density at radius 3 is 2.52 bits per heavy atom. The molecule has 25 heavy (non-hydrogen) atoms. The van der Waals surface area contributed by atoms with Crippen LogP contribution in [-0.2, 0) is 9.59 Å². The molecule has 1 heterocycles. The molecular formula is C18H24N4O2S. The van der Waals surface area contributed by atoms with Gasteiger partial charge in [-0.15, -0.1) is 11.3 Å². The van der Waals surface area contributed by atoms with Crippen molar-refractivity contribution in [3.8, 4) is 11.3 Å². The number of thiazole rings is 1. The lowest BCUT2D eigenvalue weighted by atomic mass is 10.1. The number of carbonyl (C=O) groups excluding carboxylic acids is 2. The summed E-state index contributed by atoms with van der Waals surface area (Å²) in [6.45, 7) is 8.15. The highest BCUT2D eigenvalue weighted by Gasteiger charge is 2.12. The lowest BCUT2D eigenvalue weighted by molar-refractivity contribution is -0.115. The van der Waals surface area contributed by atoms with Crippen LogP contribution in [0.4, 0.5) is 16.5 Å². The molecule has 2 aromatic rings. The quantitative estimate of drug-likeness (QED) is 0.691. The first-order valence-corrected chi connectivity index (χ1v) is 9.12. The Labute approximate surface area is 152 Å². The summed E-state index contributed by atoms with van der Waals surface area (Å²) in [5.74, 6) is 0.304. The number of nitrogens with one attached hydrogen (secondary N) is 3. The number of anilines is 3. The van der Waals surface area contributed by atoms with Gasteiger partial charge in [0.05, 0.1) is 11.4 Å². The van der Waals surface area contributed by atoms with Crippen LogP contribution in [0.15, 0.2) is 23.6 Å². The SMILES string of the molecule is CC(=O)Nc1ccc(-c2csc(NCCC(C)C)n2)c(NC(C)=O)c1. The van der Waals surface area contributed by atoms with Gasteiger partial charge in [0.2, 0.25) is 11.8 Å². The minimum atomic E-state index is -0.174. The molecule has 7 heteroatoms. The highest BCUT2D eigenvalue weighted by Crippen LogP contribution is 2.33. The van der Waals surface area contributed by atoms with Crippen molar-refractivity contribution in [1.82, 2.24) is 4.98 Å². The average molecular weight is 360 g/mol. The fraction of sp³-hybridized carbons (Fsp3) is 0.389. The third-order valence-electron chi connectivity index (χ3n) is 3.43. The zero-order valence-corrected chi connectivity index (χ0v) is 15.8. The van der Waals surface area contributed by atoms with E-state index in [1.165, 1.54) is 25.2 Å². The van der Waals surface area contributed by atoms with Gasteiger partial charge in [0.15, 0.2) is 5.13 Å². The summed E-state index contributed by atoms with van der Waals surface area (Å²) in [6, 6.07) is 5.39. The molecule has 0 fully saturated rings. The number of hydrogen-bond acceptors (Lipinski definition) is 5. The Balaban J connectivity index is 2.23. The molecule has 6 nitrogen and oxygen atoms in total. The van der Waals surface area contributed by atoms with Gasteiger partial charge in [-0.2, -0.15) is 0 Å². The largest absolute Gasteiger partial charge is 0.361 e. The van der Waals surface area contributed by atoms with E-state index in [2.05, 4.69) is 34.8 Å². The van der Waals surface area contributed by atoms with Crippen LogP contribution in [0.3, 0.4) is 0 Å². The van der Waals surface area contributed by atoms with E-state index in [1.54, 1.807) is 12.1 Å². The molecule has 0 radical (unpaired) electrons. The summed E-state index contributed by atoms with van der Waals surface area (Å²) in [6.07, 6.45) is 1.08. The van der Waals surface area contributed by atoms with E-state index >= 15 is 0 Å². The lowest BCUT2D eigenvalue weighted by Crippen LogP contribution is -2.10. The molecule has 134 valence electrons. The van der Waals surface area contributed by atoms with E-state index in [0.717, 1.165) is 29.4 Å². The molecule has 0 aliphatic heterocycles. The van der Waals surface area contributed by atoms with E-state index in [-0.39, 0.29) is 11.8 Å². The summed E-state index contributed by atoms with van der Waals surface area (Å²) in [5.41, 5.74) is 2.86. The Kier molecular flexibility index (Phi) is 6.52. The Hall–Kier alpha value is -2.41. The molecule has 0 saturated carbocycles. The van der Waals surface area contributed by atoms with Gasteiger partial charge >= 0.3 is 0 Å². The van der Waals surface area contributed by atoms with Crippen molar-refractivity contribution in [2.75, 3.05) is 22.5 Å². The monoisotopic (exact) mass is 360 g/mol. The van der Waals surface area contributed by atoms with Crippen LogP contribution < -0.4 is 16.0 Å². The van der Waals surface area contributed by atoms with Crippen LogP contribution in [0.2, 0.25) is 0 Å². The first kappa shape index (κ1) is 18.9. The Morgan fingerprint density at radius 1 is 1.16 bits per heavy atom.